The van der Waals surface area contributed by atoms with Crippen molar-refractivity contribution in [3.05, 3.63) is 53.0 Å². The Balaban J connectivity index is 1.58. The third-order valence-electron chi connectivity index (χ3n) is 3.96. The van der Waals surface area contributed by atoms with Gasteiger partial charge in [0.15, 0.2) is 5.65 Å². The van der Waals surface area contributed by atoms with Gasteiger partial charge < -0.3 is 9.64 Å². The molecule has 0 saturated carbocycles. The zero-order valence-electron chi connectivity index (χ0n) is 14.4. The molecule has 1 aromatic carbocycles. The lowest BCUT2D eigenvalue weighted by Crippen LogP contribution is -2.36. The fraction of sp³-hybridized carbons (Fsp3) is 0.294. The van der Waals surface area contributed by atoms with E-state index in [-0.39, 0.29) is 30.4 Å². The summed E-state index contributed by atoms with van der Waals surface area (Å²) in [7, 11) is 3.32. The van der Waals surface area contributed by atoms with E-state index in [0.29, 0.717) is 23.3 Å². The maximum atomic E-state index is 12.8. The van der Waals surface area contributed by atoms with Gasteiger partial charge in [0.25, 0.3) is 5.56 Å². The van der Waals surface area contributed by atoms with Crippen LogP contribution in [0.4, 0.5) is 4.39 Å². The number of aryl methyl sites for hydroxylation is 1. The van der Waals surface area contributed by atoms with Crippen LogP contribution in [0.1, 0.15) is 0 Å². The van der Waals surface area contributed by atoms with Crippen molar-refractivity contribution >= 4 is 16.9 Å². The number of hydrogen-bond donors (Lipinski definition) is 0. The Bertz CT molecular complexity index is 980. The number of aromatic nitrogens is 4. The molecule has 0 fully saturated rings. The van der Waals surface area contributed by atoms with Gasteiger partial charge in [-0.3, -0.25) is 18.8 Å². The van der Waals surface area contributed by atoms with Crippen molar-refractivity contribution in [3.8, 4) is 5.75 Å². The largest absolute Gasteiger partial charge is 0.492 e. The second-order valence-electron chi connectivity index (χ2n) is 5.80. The lowest BCUT2D eigenvalue weighted by molar-refractivity contribution is -0.130. The molecule has 0 spiro atoms. The number of nitrogens with zero attached hydrogens (tertiary/aromatic N) is 5. The van der Waals surface area contributed by atoms with Crippen LogP contribution in [0.25, 0.3) is 11.0 Å². The Morgan fingerprint density at radius 3 is 2.77 bits per heavy atom. The molecule has 3 rings (SSSR count). The highest BCUT2D eigenvalue weighted by molar-refractivity contribution is 5.77. The molecule has 3 aromatic rings. The molecule has 0 atom stereocenters. The van der Waals surface area contributed by atoms with E-state index in [1.54, 1.807) is 14.1 Å². The third kappa shape index (κ3) is 3.71. The Morgan fingerprint density at radius 2 is 2.04 bits per heavy atom. The van der Waals surface area contributed by atoms with Crippen molar-refractivity contribution in [1.82, 2.24) is 24.2 Å². The van der Waals surface area contributed by atoms with E-state index in [2.05, 4.69) is 10.1 Å². The molecule has 0 radical (unpaired) electrons. The number of likely N-dealkylation sites (N-methyl/N-ethyl adjacent to an activating group) is 1. The van der Waals surface area contributed by atoms with Crippen LogP contribution in [0.3, 0.4) is 0 Å². The number of ether oxygens (including phenoxy) is 1. The van der Waals surface area contributed by atoms with Gasteiger partial charge in [-0.1, -0.05) is 0 Å². The summed E-state index contributed by atoms with van der Waals surface area (Å²) < 4.78 is 21.1. The van der Waals surface area contributed by atoms with Crippen LogP contribution in [0.5, 0.6) is 5.75 Å². The molecule has 9 heteroatoms. The lowest BCUT2D eigenvalue weighted by atomic mass is 10.3. The van der Waals surface area contributed by atoms with E-state index in [9.17, 15) is 14.0 Å². The second kappa shape index (κ2) is 7.34. The summed E-state index contributed by atoms with van der Waals surface area (Å²) in [6.45, 7) is 0.458. The molecule has 26 heavy (non-hydrogen) atoms. The zero-order chi connectivity index (χ0) is 18.7. The minimum Gasteiger partial charge on any atom is -0.492 e. The molecule has 0 bridgehead atoms. The molecule has 0 N–H and O–H groups in total. The molecule has 0 aliphatic heterocycles. The molecule has 0 aliphatic carbocycles. The summed E-state index contributed by atoms with van der Waals surface area (Å²) in [6, 6.07) is 5.65. The van der Waals surface area contributed by atoms with E-state index in [1.165, 1.54) is 50.9 Å². The van der Waals surface area contributed by atoms with Crippen LogP contribution in [0, 0.1) is 5.82 Å². The molecule has 8 nitrogen and oxygen atoms in total. The van der Waals surface area contributed by atoms with Gasteiger partial charge >= 0.3 is 0 Å². The smallest absolute Gasteiger partial charge is 0.264 e. The van der Waals surface area contributed by atoms with Crippen molar-refractivity contribution in [1.29, 1.82) is 0 Å². The average Bonchev–Trinajstić information content (AvgIpc) is 3.00. The number of rotatable bonds is 6. The fourth-order valence-electron chi connectivity index (χ4n) is 2.40. The maximum Gasteiger partial charge on any atom is 0.264 e. The van der Waals surface area contributed by atoms with Gasteiger partial charge in [-0.15, -0.1) is 0 Å². The Kier molecular flexibility index (Phi) is 4.97. The Hall–Kier alpha value is -3.23. The number of carbonyl (C=O) groups is 1. The van der Waals surface area contributed by atoms with Gasteiger partial charge in [-0.05, 0) is 24.3 Å². The molecule has 2 heterocycles. The average molecular weight is 359 g/mol. The predicted molar refractivity (Wildman–Crippen MR) is 92.3 cm³/mol. The van der Waals surface area contributed by atoms with E-state index < -0.39 is 0 Å². The predicted octanol–water partition coefficient (Wildman–Crippen LogP) is 0.806. The molecular weight excluding hydrogens is 341 g/mol. The third-order valence-corrected chi connectivity index (χ3v) is 3.96. The minimum absolute atomic E-state index is 0.121. The molecule has 0 unspecified atom stereocenters. The first-order chi connectivity index (χ1) is 12.5. The van der Waals surface area contributed by atoms with Gasteiger partial charge in [-0.25, -0.2) is 9.37 Å². The molecular formula is C17H18FN5O3. The standard InChI is InChI=1S/C17H18FN5O3/c1-21(7-8-26-13-5-3-12(18)4-6-13)15(24)10-23-11-19-16-14(17(23)25)9-20-22(16)2/h3-6,9,11H,7-8,10H2,1-2H3. The lowest BCUT2D eigenvalue weighted by Gasteiger charge is -2.18. The molecule has 2 aromatic heterocycles. The van der Waals surface area contributed by atoms with Crippen LogP contribution < -0.4 is 10.3 Å². The number of benzene rings is 1. The van der Waals surface area contributed by atoms with Gasteiger partial charge in [0.1, 0.15) is 36.4 Å². The monoisotopic (exact) mass is 359 g/mol. The Labute approximate surface area is 148 Å². The van der Waals surface area contributed by atoms with E-state index in [0.717, 1.165) is 0 Å². The topological polar surface area (TPSA) is 82.2 Å². The van der Waals surface area contributed by atoms with Crippen molar-refractivity contribution < 1.29 is 13.9 Å². The molecule has 0 saturated heterocycles. The maximum absolute atomic E-state index is 12.8. The number of amides is 1. The minimum atomic E-state index is -0.339. The van der Waals surface area contributed by atoms with E-state index in [4.69, 9.17) is 4.74 Å². The van der Waals surface area contributed by atoms with Gasteiger partial charge in [0.05, 0.1) is 12.7 Å². The van der Waals surface area contributed by atoms with Gasteiger partial charge in [0, 0.05) is 14.1 Å². The van der Waals surface area contributed by atoms with Crippen LogP contribution >= 0.6 is 0 Å². The highest BCUT2D eigenvalue weighted by atomic mass is 19.1. The second-order valence-corrected chi connectivity index (χ2v) is 5.80. The quantitative estimate of drug-likeness (QED) is 0.650. The first-order valence-electron chi connectivity index (χ1n) is 7.95. The zero-order valence-corrected chi connectivity index (χ0v) is 14.4. The highest BCUT2D eigenvalue weighted by Crippen LogP contribution is 2.10. The number of halogens is 1. The molecule has 1 amide bonds. The summed E-state index contributed by atoms with van der Waals surface area (Å²) >= 11 is 0. The normalized spacial score (nSPS) is 10.9. The summed E-state index contributed by atoms with van der Waals surface area (Å²) in [5.41, 5.74) is 0.159. The van der Waals surface area contributed by atoms with Gasteiger partial charge in [0.2, 0.25) is 5.91 Å². The van der Waals surface area contributed by atoms with Crippen LogP contribution in [0.2, 0.25) is 0 Å². The number of carbonyl (C=O) groups excluding carboxylic acids is 1. The fourth-order valence-corrected chi connectivity index (χ4v) is 2.40. The van der Waals surface area contributed by atoms with Gasteiger partial charge in [-0.2, -0.15) is 5.10 Å². The van der Waals surface area contributed by atoms with Crippen LogP contribution in [-0.4, -0.2) is 50.3 Å². The van der Waals surface area contributed by atoms with E-state index in [1.807, 2.05) is 0 Å². The summed E-state index contributed by atoms with van der Waals surface area (Å²) in [4.78, 5) is 30.3. The van der Waals surface area contributed by atoms with Crippen molar-refractivity contribution in [2.45, 2.75) is 6.54 Å². The van der Waals surface area contributed by atoms with Crippen molar-refractivity contribution in [3.63, 3.8) is 0 Å². The van der Waals surface area contributed by atoms with Crippen molar-refractivity contribution in [2.24, 2.45) is 7.05 Å². The number of fused-ring (bicyclic) bond motifs is 1. The summed E-state index contributed by atoms with van der Waals surface area (Å²) in [5.74, 6) is -0.0659. The van der Waals surface area contributed by atoms with Crippen LogP contribution in [0.15, 0.2) is 41.6 Å². The van der Waals surface area contributed by atoms with Crippen molar-refractivity contribution in [2.75, 3.05) is 20.2 Å². The highest BCUT2D eigenvalue weighted by Gasteiger charge is 2.13. The van der Waals surface area contributed by atoms with Crippen LogP contribution in [-0.2, 0) is 18.4 Å². The van der Waals surface area contributed by atoms with E-state index >= 15 is 0 Å². The Morgan fingerprint density at radius 1 is 1.31 bits per heavy atom. The summed E-state index contributed by atoms with van der Waals surface area (Å²) in [6.07, 6.45) is 2.78. The summed E-state index contributed by atoms with van der Waals surface area (Å²) in [5, 5.41) is 4.36. The number of hydrogen-bond acceptors (Lipinski definition) is 5. The molecule has 136 valence electrons. The first kappa shape index (κ1) is 17.6. The molecule has 0 aliphatic rings. The SMILES string of the molecule is CN(CCOc1ccc(F)cc1)C(=O)Cn1cnc2c(cnn2C)c1=O. The first-order valence-corrected chi connectivity index (χ1v) is 7.95.